The fourth-order valence-corrected chi connectivity index (χ4v) is 1.91. The Kier molecular flexibility index (Phi) is 4.09. The van der Waals surface area contributed by atoms with Gasteiger partial charge in [0, 0.05) is 13.0 Å². The van der Waals surface area contributed by atoms with Gasteiger partial charge in [0.25, 0.3) is 0 Å². The number of amides is 2. The molecule has 2 amide bonds. The normalized spacial score (nSPS) is 19.9. The van der Waals surface area contributed by atoms with Gasteiger partial charge in [-0.1, -0.05) is 13.8 Å². The van der Waals surface area contributed by atoms with Crippen molar-refractivity contribution in [2.45, 2.75) is 38.6 Å². The monoisotopic (exact) mass is 242 g/mol. The van der Waals surface area contributed by atoms with Crippen molar-refractivity contribution in [3.8, 4) is 0 Å². The third-order valence-electron chi connectivity index (χ3n) is 3.33. The van der Waals surface area contributed by atoms with E-state index in [1.54, 1.807) is 13.8 Å². The Morgan fingerprint density at radius 1 is 1.47 bits per heavy atom. The van der Waals surface area contributed by atoms with E-state index in [0.29, 0.717) is 12.8 Å². The Hall–Kier alpha value is -1.59. The molecule has 3 N–H and O–H groups in total. The SMILES string of the molecule is CCC(CC)(NC(=O)C1CNC(=O)C1)C(=O)O. The van der Waals surface area contributed by atoms with Crippen LogP contribution in [0.2, 0.25) is 0 Å². The molecule has 0 aromatic heterocycles. The summed E-state index contributed by atoms with van der Waals surface area (Å²) in [6.45, 7) is 3.72. The van der Waals surface area contributed by atoms with Crippen LogP contribution in [0.3, 0.4) is 0 Å². The molecule has 1 unspecified atom stereocenters. The van der Waals surface area contributed by atoms with Crippen LogP contribution in [0.5, 0.6) is 0 Å². The van der Waals surface area contributed by atoms with Crippen molar-refractivity contribution < 1.29 is 19.5 Å². The van der Waals surface area contributed by atoms with E-state index in [1.807, 2.05) is 0 Å². The molecule has 1 atom stereocenters. The van der Waals surface area contributed by atoms with Crippen LogP contribution in [-0.4, -0.2) is 35.0 Å². The van der Waals surface area contributed by atoms with Crippen LogP contribution in [0.15, 0.2) is 0 Å². The van der Waals surface area contributed by atoms with Gasteiger partial charge in [0.1, 0.15) is 5.54 Å². The zero-order valence-corrected chi connectivity index (χ0v) is 10.1. The summed E-state index contributed by atoms with van der Waals surface area (Å²) in [6, 6.07) is 0. The predicted molar refractivity (Wildman–Crippen MR) is 60.2 cm³/mol. The second kappa shape index (κ2) is 5.16. The topological polar surface area (TPSA) is 95.5 Å². The Morgan fingerprint density at radius 3 is 2.41 bits per heavy atom. The average Bonchev–Trinajstić information content (AvgIpc) is 2.72. The predicted octanol–water partition coefficient (Wildman–Crippen LogP) is -0.118. The van der Waals surface area contributed by atoms with Crippen molar-refractivity contribution in [1.29, 1.82) is 0 Å². The lowest BCUT2D eigenvalue weighted by Crippen LogP contribution is -2.55. The second-order valence-electron chi connectivity index (χ2n) is 4.29. The maximum atomic E-state index is 11.9. The van der Waals surface area contributed by atoms with E-state index < -0.39 is 17.4 Å². The molecule has 1 aliphatic rings. The number of carbonyl (C=O) groups is 3. The summed E-state index contributed by atoms with van der Waals surface area (Å²) in [7, 11) is 0. The number of hydrogen-bond donors (Lipinski definition) is 3. The molecule has 0 spiro atoms. The Labute approximate surface area is 99.8 Å². The van der Waals surface area contributed by atoms with E-state index in [0.717, 1.165) is 0 Å². The van der Waals surface area contributed by atoms with Crippen molar-refractivity contribution in [3.63, 3.8) is 0 Å². The number of carbonyl (C=O) groups excluding carboxylic acids is 2. The molecule has 0 bridgehead atoms. The molecular weight excluding hydrogens is 224 g/mol. The van der Waals surface area contributed by atoms with E-state index in [-0.39, 0.29) is 24.8 Å². The first kappa shape index (κ1) is 13.5. The van der Waals surface area contributed by atoms with E-state index in [2.05, 4.69) is 10.6 Å². The first-order chi connectivity index (χ1) is 7.95. The molecule has 0 aliphatic carbocycles. The molecule has 17 heavy (non-hydrogen) atoms. The number of hydrogen-bond acceptors (Lipinski definition) is 3. The van der Waals surface area contributed by atoms with Gasteiger partial charge >= 0.3 is 5.97 Å². The van der Waals surface area contributed by atoms with E-state index in [4.69, 9.17) is 0 Å². The van der Waals surface area contributed by atoms with Gasteiger partial charge < -0.3 is 15.7 Å². The number of nitrogens with one attached hydrogen (secondary N) is 2. The van der Waals surface area contributed by atoms with E-state index >= 15 is 0 Å². The standard InChI is InChI=1S/C11H18N2O4/c1-3-11(4-2,10(16)17)13-9(15)7-5-8(14)12-6-7/h7H,3-6H2,1-2H3,(H,12,14)(H,13,15)(H,16,17). The largest absolute Gasteiger partial charge is 0.480 e. The van der Waals surface area contributed by atoms with Crippen LogP contribution < -0.4 is 10.6 Å². The van der Waals surface area contributed by atoms with Gasteiger partial charge in [0.05, 0.1) is 5.92 Å². The van der Waals surface area contributed by atoms with Gasteiger partial charge in [-0.05, 0) is 12.8 Å². The Bertz CT molecular complexity index is 336. The summed E-state index contributed by atoms with van der Waals surface area (Å²) < 4.78 is 0. The molecule has 0 aromatic carbocycles. The number of aliphatic carboxylic acids is 1. The van der Waals surface area contributed by atoms with Gasteiger partial charge in [0.15, 0.2) is 0 Å². The average molecular weight is 242 g/mol. The molecule has 1 aliphatic heterocycles. The highest BCUT2D eigenvalue weighted by Gasteiger charge is 2.39. The summed E-state index contributed by atoms with van der Waals surface area (Å²) in [5.41, 5.74) is -1.22. The summed E-state index contributed by atoms with van der Waals surface area (Å²) in [4.78, 5) is 34.1. The minimum atomic E-state index is -1.22. The minimum absolute atomic E-state index is 0.134. The Morgan fingerprint density at radius 2 is 2.06 bits per heavy atom. The first-order valence-corrected chi connectivity index (χ1v) is 5.77. The molecule has 0 radical (unpaired) electrons. The van der Waals surface area contributed by atoms with Crippen molar-refractivity contribution in [2.24, 2.45) is 5.92 Å². The third-order valence-corrected chi connectivity index (χ3v) is 3.33. The maximum Gasteiger partial charge on any atom is 0.329 e. The number of carboxylic acid groups (broad SMARTS) is 1. The van der Waals surface area contributed by atoms with Crippen LogP contribution in [-0.2, 0) is 14.4 Å². The van der Waals surface area contributed by atoms with Crippen LogP contribution in [0.4, 0.5) is 0 Å². The summed E-state index contributed by atoms with van der Waals surface area (Å²) in [6.07, 6.45) is 0.770. The molecule has 1 fully saturated rings. The van der Waals surface area contributed by atoms with Crippen molar-refractivity contribution >= 4 is 17.8 Å². The zero-order chi connectivity index (χ0) is 13.1. The maximum absolute atomic E-state index is 11.9. The number of rotatable bonds is 5. The lowest BCUT2D eigenvalue weighted by molar-refractivity contribution is -0.148. The van der Waals surface area contributed by atoms with Crippen molar-refractivity contribution in [1.82, 2.24) is 10.6 Å². The molecule has 0 aromatic rings. The minimum Gasteiger partial charge on any atom is -0.480 e. The molecule has 1 heterocycles. The van der Waals surface area contributed by atoms with Crippen LogP contribution in [0, 0.1) is 5.92 Å². The molecule has 1 rings (SSSR count). The summed E-state index contributed by atoms with van der Waals surface area (Å²) in [5.74, 6) is -2.03. The highest BCUT2D eigenvalue weighted by Crippen LogP contribution is 2.18. The van der Waals surface area contributed by atoms with Crippen LogP contribution in [0.25, 0.3) is 0 Å². The van der Waals surface area contributed by atoms with Gasteiger partial charge in [-0.2, -0.15) is 0 Å². The molecular formula is C11H18N2O4. The fourth-order valence-electron chi connectivity index (χ4n) is 1.91. The molecule has 6 nitrogen and oxygen atoms in total. The smallest absolute Gasteiger partial charge is 0.329 e. The highest BCUT2D eigenvalue weighted by molar-refractivity contribution is 5.92. The number of carboxylic acids is 1. The quantitative estimate of drug-likeness (QED) is 0.626. The van der Waals surface area contributed by atoms with E-state index in [1.165, 1.54) is 0 Å². The lowest BCUT2D eigenvalue weighted by Gasteiger charge is -2.29. The summed E-state index contributed by atoms with van der Waals surface area (Å²) >= 11 is 0. The van der Waals surface area contributed by atoms with Crippen LogP contribution >= 0.6 is 0 Å². The molecule has 1 saturated heterocycles. The zero-order valence-electron chi connectivity index (χ0n) is 10.1. The van der Waals surface area contributed by atoms with Gasteiger partial charge in [-0.25, -0.2) is 4.79 Å². The Balaban J connectivity index is 2.71. The fraction of sp³-hybridized carbons (Fsp3) is 0.727. The molecule has 96 valence electrons. The molecule has 6 heteroatoms. The molecule has 0 saturated carbocycles. The van der Waals surface area contributed by atoms with Crippen molar-refractivity contribution in [2.75, 3.05) is 6.54 Å². The third kappa shape index (κ3) is 2.75. The second-order valence-corrected chi connectivity index (χ2v) is 4.29. The van der Waals surface area contributed by atoms with E-state index in [9.17, 15) is 19.5 Å². The summed E-state index contributed by atoms with van der Waals surface area (Å²) in [5, 5.41) is 14.3. The van der Waals surface area contributed by atoms with Gasteiger partial charge in [-0.3, -0.25) is 9.59 Å². The lowest BCUT2D eigenvalue weighted by atomic mass is 9.91. The first-order valence-electron chi connectivity index (χ1n) is 5.77. The van der Waals surface area contributed by atoms with Gasteiger partial charge in [0.2, 0.25) is 11.8 Å². The van der Waals surface area contributed by atoms with Gasteiger partial charge in [-0.15, -0.1) is 0 Å². The highest BCUT2D eigenvalue weighted by atomic mass is 16.4. The van der Waals surface area contributed by atoms with Crippen molar-refractivity contribution in [3.05, 3.63) is 0 Å². The van der Waals surface area contributed by atoms with Crippen LogP contribution in [0.1, 0.15) is 33.1 Å².